The van der Waals surface area contributed by atoms with Gasteiger partial charge in [-0.1, -0.05) is 51.9 Å². The van der Waals surface area contributed by atoms with Crippen molar-refractivity contribution in [2.45, 2.75) is 83.6 Å². The van der Waals surface area contributed by atoms with Gasteiger partial charge in [-0.05, 0) is 43.4 Å². The minimum atomic E-state index is 0.518. The first-order valence-corrected chi connectivity index (χ1v) is 8.05. The van der Waals surface area contributed by atoms with Crippen LogP contribution in [0.4, 0.5) is 0 Å². The molecule has 0 aromatic heterocycles. The van der Waals surface area contributed by atoms with E-state index in [4.69, 9.17) is 5.73 Å². The molecule has 2 saturated carbocycles. The van der Waals surface area contributed by atoms with Gasteiger partial charge in [-0.15, -0.1) is 0 Å². The van der Waals surface area contributed by atoms with Gasteiger partial charge >= 0.3 is 0 Å². The van der Waals surface area contributed by atoms with Crippen molar-refractivity contribution < 1.29 is 0 Å². The Labute approximate surface area is 108 Å². The quantitative estimate of drug-likeness (QED) is 0.748. The van der Waals surface area contributed by atoms with Gasteiger partial charge < -0.3 is 5.73 Å². The van der Waals surface area contributed by atoms with Crippen LogP contribution >= 0.6 is 0 Å². The lowest BCUT2D eigenvalue weighted by Gasteiger charge is -2.34. The lowest BCUT2D eigenvalue weighted by molar-refractivity contribution is 0.202. The zero-order valence-corrected chi connectivity index (χ0v) is 11.7. The van der Waals surface area contributed by atoms with Crippen molar-refractivity contribution >= 4 is 0 Å². The summed E-state index contributed by atoms with van der Waals surface area (Å²) in [5, 5.41) is 0. The molecule has 2 aliphatic carbocycles. The molecule has 3 unspecified atom stereocenters. The van der Waals surface area contributed by atoms with Gasteiger partial charge in [0.1, 0.15) is 0 Å². The molecular formula is C16H31N. The van der Waals surface area contributed by atoms with E-state index in [1.165, 1.54) is 70.6 Å². The second-order valence-electron chi connectivity index (χ2n) is 6.62. The van der Waals surface area contributed by atoms with Gasteiger partial charge in [-0.2, -0.15) is 0 Å². The van der Waals surface area contributed by atoms with Crippen LogP contribution in [0.15, 0.2) is 0 Å². The average molecular weight is 237 g/mol. The number of hydrogen-bond acceptors (Lipinski definition) is 1. The van der Waals surface area contributed by atoms with Crippen molar-refractivity contribution in [3.8, 4) is 0 Å². The van der Waals surface area contributed by atoms with Crippen molar-refractivity contribution in [3.05, 3.63) is 0 Å². The molecule has 2 fully saturated rings. The summed E-state index contributed by atoms with van der Waals surface area (Å²) in [6.45, 7) is 2.32. The van der Waals surface area contributed by atoms with Crippen molar-refractivity contribution in [1.29, 1.82) is 0 Å². The Hall–Kier alpha value is -0.0400. The molecule has 0 bridgehead atoms. The highest BCUT2D eigenvalue weighted by Gasteiger charge is 2.28. The summed E-state index contributed by atoms with van der Waals surface area (Å²) < 4.78 is 0. The van der Waals surface area contributed by atoms with Gasteiger partial charge in [0.05, 0.1) is 0 Å². The topological polar surface area (TPSA) is 26.0 Å². The predicted molar refractivity (Wildman–Crippen MR) is 74.9 cm³/mol. The van der Waals surface area contributed by atoms with Crippen LogP contribution in [0.1, 0.15) is 77.6 Å². The van der Waals surface area contributed by atoms with Crippen molar-refractivity contribution in [2.75, 3.05) is 0 Å². The van der Waals surface area contributed by atoms with Crippen LogP contribution in [0.3, 0.4) is 0 Å². The molecule has 0 aromatic rings. The lowest BCUT2D eigenvalue weighted by Crippen LogP contribution is -2.36. The van der Waals surface area contributed by atoms with Gasteiger partial charge in [0.15, 0.2) is 0 Å². The van der Waals surface area contributed by atoms with E-state index in [9.17, 15) is 0 Å². The van der Waals surface area contributed by atoms with Crippen molar-refractivity contribution in [1.82, 2.24) is 0 Å². The molecule has 0 aliphatic heterocycles. The molecular weight excluding hydrogens is 206 g/mol. The summed E-state index contributed by atoms with van der Waals surface area (Å²) in [6.07, 6.45) is 15.8. The van der Waals surface area contributed by atoms with Crippen LogP contribution in [-0.4, -0.2) is 6.04 Å². The third-order valence-electron chi connectivity index (χ3n) is 5.27. The van der Waals surface area contributed by atoms with Crippen LogP contribution in [0.5, 0.6) is 0 Å². The van der Waals surface area contributed by atoms with Crippen molar-refractivity contribution in [3.63, 3.8) is 0 Å². The highest BCUT2D eigenvalue weighted by molar-refractivity contribution is 4.83. The SMILES string of the molecule is CCCC1CCC(N)C(CCC2CCCC2)C1. The molecule has 0 heterocycles. The van der Waals surface area contributed by atoms with Crippen molar-refractivity contribution in [2.24, 2.45) is 23.5 Å². The van der Waals surface area contributed by atoms with Gasteiger partial charge in [-0.25, -0.2) is 0 Å². The number of rotatable bonds is 5. The number of nitrogens with two attached hydrogens (primary N) is 1. The maximum Gasteiger partial charge on any atom is 0.00673 e. The summed E-state index contributed by atoms with van der Waals surface area (Å²) >= 11 is 0. The van der Waals surface area contributed by atoms with Crippen LogP contribution in [-0.2, 0) is 0 Å². The number of hydrogen-bond donors (Lipinski definition) is 1. The molecule has 0 radical (unpaired) electrons. The first-order chi connectivity index (χ1) is 8.29. The molecule has 0 aromatic carbocycles. The Morgan fingerprint density at radius 1 is 0.882 bits per heavy atom. The summed E-state index contributed by atoms with van der Waals surface area (Å²) in [5.74, 6) is 2.89. The van der Waals surface area contributed by atoms with Crippen LogP contribution in [0.2, 0.25) is 0 Å². The van der Waals surface area contributed by atoms with Gasteiger partial charge in [0.25, 0.3) is 0 Å². The Morgan fingerprint density at radius 2 is 1.65 bits per heavy atom. The predicted octanol–water partition coefficient (Wildman–Crippen LogP) is 4.50. The Morgan fingerprint density at radius 3 is 2.35 bits per heavy atom. The molecule has 3 atom stereocenters. The van der Waals surface area contributed by atoms with Gasteiger partial charge in [0, 0.05) is 6.04 Å². The Kier molecular flexibility index (Phi) is 5.34. The molecule has 0 saturated heterocycles. The monoisotopic (exact) mass is 237 g/mol. The summed E-state index contributed by atoms with van der Waals surface area (Å²) in [5.41, 5.74) is 6.32. The first kappa shape index (κ1) is 13.4. The summed E-state index contributed by atoms with van der Waals surface area (Å²) in [4.78, 5) is 0. The van der Waals surface area contributed by atoms with E-state index in [-0.39, 0.29) is 0 Å². The fourth-order valence-corrected chi connectivity index (χ4v) is 4.14. The fraction of sp³-hybridized carbons (Fsp3) is 1.00. The van der Waals surface area contributed by atoms with E-state index >= 15 is 0 Å². The minimum absolute atomic E-state index is 0.518. The van der Waals surface area contributed by atoms with Gasteiger partial charge in [0.2, 0.25) is 0 Å². The smallest absolute Gasteiger partial charge is 0.00673 e. The molecule has 0 spiro atoms. The van der Waals surface area contributed by atoms with E-state index < -0.39 is 0 Å². The molecule has 1 heteroatoms. The molecule has 0 amide bonds. The third-order valence-corrected chi connectivity index (χ3v) is 5.27. The highest BCUT2D eigenvalue weighted by atomic mass is 14.7. The average Bonchev–Trinajstić information content (AvgIpc) is 2.83. The second-order valence-corrected chi connectivity index (χ2v) is 6.62. The van der Waals surface area contributed by atoms with E-state index in [1.54, 1.807) is 0 Å². The highest BCUT2D eigenvalue weighted by Crippen LogP contribution is 2.36. The van der Waals surface area contributed by atoms with E-state index in [0.29, 0.717) is 6.04 Å². The van der Waals surface area contributed by atoms with Crippen LogP contribution < -0.4 is 5.73 Å². The summed E-state index contributed by atoms with van der Waals surface area (Å²) in [6, 6.07) is 0.518. The zero-order chi connectivity index (χ0) is 12.1. The molecule has 2 rings (SSSR count). The largest absolute Gasteiger partial charge is 0.327 e. The zero-order valence-electron chi connectivity index (χ0n) is 11.7. The molecule has 1 nitrogen and oxygen atoms in total. The van der Waals surface area contributed by atoms with Crippen LogP contribution in [0.25, 0.3) is 0 Å². The van der Waals surface area contributed by atoms with Crippen LogP contribution in [0, 0.1) is 17.8 Å². The standard InChI is InChI=1S/C16H31N/c1-2-5-14-9-11-16(17)15(12-14)10-8-13-6-3-4-7-13/h13-16H,2-12,17H2,1H3. The van der Waals surface area contributed by atoms with E-state index in [1.807, 2.05) is 0 Å². The Balaban J connectivity index is 1.72. The molecule has 17 heavy (non-hydrogen) atoms. The van der Waals surface area contributed by atoms with E-state index in [2.05, 4.69) is 6.92 Å². The van der Waals surface area contributed by atoms with Gasteiger partial charge in [-0.3, -0.25) is 0 Å². The second kappa shape index (κ2) is 6.78. The normalized spacial score (nSPS) is 35.3. The fourth-order valence-electron chi connectivity index (χ4n) is 4.14. The maximum absolute atomic E-state index is 6.32. The maximum atomic E-state index is 6.32. The first-order valence-electron chi connectivity index (χ1n) is 8.05. The molecule has 100 valence electrons. The third kappa shape index (κ3) is 3.98. The molecule has 2 aliphatic rings. The molecule has 2 N–H and O–H groups in total. The minimum Gasteiger partial charge on any atom is -0.327 e. The lowest BCUT2D eigenvalue weighted by atomic mass is 9.74. The van der Waals surface area contributed by atoms with E-state index in [0.717, 1.165) is 17.8 Å². The Bertz CT molecular complexity index is 208. The summed E-state index contributed by atoms with van der Waals surface area (Å²) in [7, 11) is 0.